The monoisotopic (exact) mass is 236 g/mol. The molecule has 7 heteroatoms. The molecule has 0 saturated carbocycles. The summed E-state index contributed by atoms with van der Waals surface area (Å²) in [6.07, 6.45) is -7.70. The van der Waals surface area contributed by atoms with Crippen molar-refractivity contribution in [2.75, 3.05) is 0 Å². The predicted octanol–water partition coefficient (Wildman–Crippen LogP) is 3.10. The Hall–Kier alpha value is -1.71. The lowest BCUT2D eigenvalue weighted by Gasteiger charge is -2.11. The average molecular weight is 236 g/mol. The highest BCUT2D eigenvalue weighted by molar-refractivity contribution is 5.31. The zero-order valence-corrected chi connectivity index (χ0v) is 7.72. The Morgan fingerprint density at radius 2 is 2.00 bits per heavy atom. The number of hydrogen-bond donors (Lipinski definition) is 0. The van der Waals surface area contributed by atoms with Gasteiger partial charge in [0.1, 0.15) is 5.69 Å². The van der Waals surface area contributed by atoms with Gasteiger partial charge in [-0.05, 0) is 11.6 Å². The third kappa shape index (κ3) is 2.66. The highest BCUT2D eigenvalue weighted by atomic mass is 19.4. The number of rotatable bonds is 2. The largest absolute Gasteiger partial charge is 0.416 e. The van der Waals surface area contributed by atoms with Crippen molar-refractivity contribution >= 4 is 0 Å². The van der Waals surface area contributed by atoms with Crippen molar-refractivity contribution in [3.8, 4) is 6.07 Å². The van der Waals surface area contributed by atoms with Crippen LogP contribution in [0.25, 0.3) is 0 Å². The molecule has 0 radical (unpaired) electrons. The smallest absolute Gasteiger partial charge is 0.255 e. The molecule has 0 aromatic carbocycles. The van der Waals surface area contributed by atoms with Gasteiger partial charge in [0.15, 0.2) is 0 Å². The van der Waals surface area contributed by atoms with Crippen molar-refractivity contribution in [2.24, 2.45) is 0 Å². The van der Waals surface area contributed by atoms with E-state index >= 15 is 0 Å². The molecule has 1 aromatic heterocycles. The summed E-state index contributed by atoms with van der Waals surface area (Å²) < 4.78 is 61.6. The molecule has 0 N–H and O–H groups in total. The van der Waals surface area contributed by atoms with Crippen LogP contribution < -0.4 is 0 Å². The number of alkyl halides is 5. The highest BCUT2D eigenvalue weighted by Crippen LogP contribution is 2.33. The molecular formula is C9H5F5N2. The van der Waals surface area contributed by atoms with Crippen LogP contribution >= 0.6 is 0 Å². The van der Waals surface area contributed by atoms with Crippen LogP contribution in [-0.2, 0) is 12.6 Å². The van der Waals surface area contributed by atoms with Crippen LogP contribution in [0, 0.1) is 11.3 Å². The molecule has 0 bridgehead atoms. The van der Waals surface area contributed by atoms with E-state index in [0.29, 0.717) is 6.20 Å². The van der Waals surface area contributed by atoms with E-state index in [1.807, 2.05) is 0 Å². The molecule has 2 nitrogen and oxygen atoms in total. The van der Waals surface area contributed by atoms with Crippen LogP contribution in [0.15, 0.2) is 12.3 Å². The number of halogens is 5. The predicted molar refractivity (Wildman–Crippen MR) is 43.5 cm³/mol. The van der Waals surface area contributed by atoms with Crippen molar-refractivity contribution < 1.29 is 22.0 Å². The van der Waals surface area contributed by atoms with Gasteiger partial charge in [-0.3, -0.25) is 4.98 Å². The first-order chi connectivity index (χ1) is 7.36. The summed E-state index contributed by atoms with van der Waals surface area (Å²) in [6, 6.07) is 1.79. The highest BCUT2D eigenvalue weighted by Gasteiger charge is 2.34. The van der Waals surface area contributed by atoms with E-state index in [1.54, 1.807) is 0 Å². The fraction of sp³-hybridized carbons (Fsp3) is 0.333. The van der Waals surface area contributed by atoms with Crippen LogP contribution in [0.3, 0.4) is 0 Å². The second kappa shape index (κ2) is 4.43. The lowest BCUT2D eigenvalue weighted by molar-refractivity contribution is -0.138. The molecule has 1 aromatic rings. The molecule has 0 spiro atoms. The molecule has 0 unspecified atom stereocenters. The molecule has 16 heavy (non-hydrogen) atoms. The molecule has 0 amide bonds. The molecule has 1 heterocycles. The third-order valence-corrected chi connectivity index (χ3v) is 1.81. The Balaban J connectivity index is 3.28. The summed E-state index contributed by atoms with van der Waals surface area (Å²) in [4.78, 5) is 3.17. The Labute approximate surface area is 87.3 Å². The number of pyridine rings is 1. The number of hydrogen-bond acceptors (Lipinski definition) is 2. The molecule has 0 fully saturated rings. The maximum Gasteiger partial charge on any atom is 0.416 e. The minimum absolute atomic E-state index is 0.275. The van der Waals surface area contributed by atoms with Gasteiger partial charge < -0.3 is 0 Å². The molecule has 0 saturated heterocycles. The van der Waals surface area contributed by atoms with E-state index in [0.717, 1.165) is 0 Å². The summed E-state index contributed by atoms with van der Waals surface area (Å²) in [7, 11) is 0. The van der Waals surface area contributed by atoms with Gasteiger partial charge >= 0.3 is 6.18 Å². The average Bonchev–Trinajstić information content (AvgIpc) is 2.16. The van der Waals surface area contributed by atoms with Gasteiger partial charge in [0, 0.05) is 6.20 Å². The Morgan fingerprint density at radius 1 is 1.38 bits per heavy atom. The number of aromatic nitrogens is 1. The van der Waals surface area contributed by atoms with Gasteiger partial charge in [0.25, 0.3) is 6.43 Å². The zero-order valence-electron chi connectivity index (χ0n) is 7.72. The van der Waals surface area contributed by atoms with Crippen LogP contribution in [-0.4, -0.2) is 4.98 Å². The van der Waals surface area contributed by atoms with Gasteiger partial charge in [-0.2, -0.15) is 18.4 Å². The molecule has 0 aliphatic rings. The van der Waals surface area contributed by atoms with Gasteiger partial charge in [-0.15, -0.1) is 0 Å². The Morgan fingerprint density at radius 3 is 2.44 bits per heavy atom. The van der Waals surface area contributed by atoms with Crippen LogP contribution in [0.5, 0.6) is 0 Å². The molecule has 0 aliphatic heterocycles. The van der Waals surface area contributed by atoms with E-state index < -0.39 is 35.8 Å². The summed E-state index contributed by atoms with van der Waals surface area (Å²) in [5, 5.41) is 8.30. The summed E-state index contributed by atoms with van der Waals surface area (Å²) in [5.41, 5.74) is -2.59. The first kappa shape index (κ1) is 12.4. The second-order valence-electron chi connectivity index (χ2n) is 2.90. The SMILES string of the molecule is N#CCc1cnc(C(F)F)cc1C(F)(F)F. The van der Waals surface area contributed by atoms with E-state index in [4.69, 9.17) is 5.26 Å². The fourth-order valence-electron chi connectivity index (χ4n) is 1.11. The van der Waals surface area contributed by atoms with E-state index in [2.05, 4.69) is 4.98 Å². The maximum atomic E-state index is 12.4. The van der Waals surface area contributed by atoms with Crippen molar-refractivity contribution in [1.82, 2.24) is 4.98 Å². The third-order valence-electron chi connectivity index (χ3n) is 1.81. The summed E-state index contributed by atoms with van der Waals surface area (Å²) in [6.45, 7) is 0. The van der Waals surface area contributed by atoms with Crippen LogP contribution in [0.1, 0.15) is 23.2 Å². The molecule has 0 aliphatic carbocycles. The van der Waals surface area contributed by atoms with E-state index in [-0.39, 0.29) is 6.07 Å². The first-order valence-electron chi connectivity index (χ1n) is 4.07. The minimum Gasteiger partial charge on any atom is -0.255 e. The molecule has 1 rings (SSSR count). The number of nitrogens with zero attached hydrogens (tertiary/aromatic N) is 2. The fourth-order valence-corrected chi connectivity index (χ4v) is 1.11. The topological polar surface area (TPSA) is 36.7 Å². The van der Waals surface area contributed by atoms with Gasteiger partial charge in [-0.1, -0.05) is 0 Å². The summed E-state index contributed by atoms with van der Waals surface area (Å²) in [5.74, 6) is 0. The maximum absolute atomic E-state index is 12.4. The normalized spacial score (nSPS) is 11.6. The number of nitriles is 1. The van der Waals surface area contributed by atoms with Crippen molar-refractivity contribution in [3.05, 3.63) is 29.1 Å². The zero-order chi connectivity index (χ0) is 12.3. The van der Waals surface area contributed by atoms with Crippen LogP contribution in [0.4, 0.5) is 22.0 Å². The lowest BCUT2D eigenvalue weighted by Crippen LogP contribution is -2.11. The standard InChI is InChI=1S/C9H5F5N2/c10-8(11)7-3-6(9(12,13)14)5(1-2-15)4-16-7/h3-4,8H,1H2. The Bertz CT molecular complexity index is 419. The van der Waals surface area contributed by atoms with Gasteiger partial charge in [0.2, 0.25) is 0 Å². The van der Waals surface area contributed by atoms with Gasteiger partial charge in [0.05, 0.1) is 18.1 Å². The van der Waals surface area contributed by atoms with Crippen LogP contribution in [0.2, 0.25) is 0 Å². The molecule has 0 atom stereocenters. The van der Waals surface area contributed by atoms with Crippen molar-refractivity contribution in [2.45, 2.75) is 19.0 Å². The lowest BCUT2D eigenvalue weighted by atomic mass is 10.1. The van der Waals surface area contributed by atoms with E-state index in [1.165, 1.54) is 6.07 Å². The quantitative estimate of drug-likeness (QED) is 0.740. The van der Waals surface area contributed by atoms with Gasteiger partial charge in [-0.25, -0.2) is 8.78 Å². The summed E-state index contributed by atoms with van der Waals surface area (Å²) >= 11 is 0. The first-order valence-corrected chi connectivity index (χ1v) is 4.07. The molecule has 86 valence electrons. The van der Waals surface area contributed by atoms with E-state index in [9.17, 15) is 22.0 Å². The second-order valence-corrected chi connectivity index (χ2v) is 2.90. The van der Waals surface area contributed by atoms with Crippen molar-refractivity contribution in [1.29, 1.82) is 5.26 Å². The van der Waals surface area contributed by atoms with Crippen molar-refractivity contribution in [3.63, 3.8) is 0 Å². The Kier molecular flexibility index (Phi) is 3.42. The molecular weight excluding hydrogens is 231 g/mol. The minimum atomic E-state index is -4.77.